The molecule has 156 valence electrons. The van der Waals surface area contributed by atoms with E-state index in [1.807, 2.05) is 25.1 Å². The first kappa shape index (κ1) is 21.6. The Balaban J connectivity index is 1.66. The van der Waals surface area contributed by atoms with Crippen LogP contribution in [0, 0.1) is 6.92 Å². The summed E-state index contributed by atoms with van der Waals surface area (Å²) >= 11 is 1.48. The van der Waals surface area contributed by atoms with Crippen LogP contribution in [-0.2, 0) is 17.8 Å². The van der Waals surface area contributed by atoms with Crippen molar-refractivity contribution >= 4 is 23.4 Å². The van der Waals surface area contributed by atoms with Gasteiger partial charge in [0.1, 0.15) is 12.3 Å². The number of carbonyl (C=O) groups is 1. The van der Waals surface area contributed by atoms with Crippen molar-refractivity contribution in [3.8, 4) is 5.75 Å². The number of thioether (sulfide) groups is 1. The molecule has 0 saturated carbocycles. The van der Waals surface area contributed by atoms with Gasteiger partial charge in [-0.2, -0.15) is 0 Å². The minimum absolute atomic E-state index is 0.0903. The number of benzene rings is 2. The maximum Gasteiger partial charge on any atom is 0.254 e. The largest absolute Gasteiger partial charge is 0.494 e. The maximum atomic E-state index is 12.5. The highest BCUT2D eigenvalue weighted by atomic mass is 32.2. The van der Waals surface area contributed by atoms with Gasteiger partial charge in [-0.3, -0.25) is 14.2 Å². The first-order valence-electron chi connectivity index (χ1n) is 9.83. The highest BCUT2D eigenvalue weighted by Gasteiger charge is 2.12. The number of nitrogens with zero attached hydrogens (tertiary/aromatic N) is 2. The number of anilines is 1. The molecule has 1 N–H and O–H groups in total. The van der Waals surface area contributed by atoms with Gasteiger partial charge in [0.2, 0.25) is 5.91 Å². The first-order valence-corrected chi connectivity index (χ1v) is 10.8. The van der Waals surface area contributed by atoms with E-state index in [1.54, 1.807) is 31.2 Å². The molecule has 2 aromatic carbocycles. The summed E-state index contributed by atoms with van der Waals surface area (Å²) < 4.78 is 6.83. The molecule has 0 spiro atoms. The van der Waals surface area contributed by atoms with Crippen LogP contribution in [0.4, 0.5) is 5.69 Å². The van der Waals surface area contributed by atoms with Crippen LogP contribution in [0.3, 0.4) is 0 Å². The monoisotopic (exact) mass is 423 g/mol. The van der Waals surface area contributed by atoms with Gasteiger partial charge in [-0.25, -0.2) is 4.98 Å². The Morgan fingerprint density at radius 2 is 1.87 bits per heavy atom. The lowest BCUT2D eigenvalue weighted by Crippen LogP contribution is -2.29. The summed E-state index contributed by atoms with van der Waals surface area (Å²) in [6.45, 7) is 4.19. The van der Waals surface area contributed by atoms with Gasteiger partial charge in [0.15, 0.2) is 5.16 Å². The Morgan fingerprint density at radius 1 is 1.13 bits per heavy atom. The summed E-state index contributed by atoms with van der Waals surface area (Å²) in [6.07, 6.45) is 0.855. The molecule has 0 bridgehead atoms. The van der Waals surface area contributed by atoms with Gasteiger partial charge in [-0.05, 0) is 50.1 Å². The molecule has 0 aliphatic rings. The number of hydrogen-bond acceptors (Lipinski definition) is 5. The molecule has 6 nitrogen and oxygen atoms in total. The van der Waals surface area contributed by atoms with E-state index >= 15 is 0 Å². The summed E-state index contributed by atoms with van der Waals surface area (Å²) in [6, 6.07) is 18.7. The molecule has 0 radical (unpaired) electrons. The smallest absolute Gasteiger partial charge is 0.254 e. The molecule has 0 atom stereocenters. The maximum absolute atomic E-state index is 12.5. The van der Waals surface area contributed by atoms with Crippen molar-refractivity contribution in [3.05, 3.63) is 82.3 Å². The second kappa shape index (κ2) is 10.6. The molecule has 0 unspecified atom stereocenters. The molecule has 1 aromatic heterocycles. The molecular formula is C23H25N3O3S. The van der Waals surface area contributed by atoms with Gasteiger partial charge in [0.05, 0.1) is 6.61 Å². The predicted octanol–water partition coefficient (Wildman–Crippen LogP) is 3.92. The van der Waals surface area contributed by atoms with Crippen molar-refractivity contribution in [2.45, 2.75) is 32.0 Å². The van der Waals surface area contributed by atoms with Crippen molar-refractivity contribution in [3.63, 3.8) is 0 Å². The van der Waals surface area contributed by atoms with E-state index in [0.29, 0.717) is 23.1 Å². The van der Waals surface area contributed by atoms with Gasteiger partial charge in [0, 0.05) is 23.2 Å². The summed E-state index contributed by atoms with van der Waals surface area (Å²) in [5.41, 5.74) is 2.28. The molecular weight excluding hydrogens is 398 g/mol. The number of carbonyl (C=O) groups excluding carboxylic acids is 1. The van der Waals surface area contributed by atoms with E-state index in [9.17, 15) is 9.59 Å². The van der Waals surface area contributed by atoms with Gasteiger partial charge in [-0.15, -0.1) is 0 Å². The van der Waals surface area contributed by atoms with E-state index in [4.69, 9.17) is 4.74 Å². The Morgan fingerprint density at radius 3 is 2.57 bits per heavy atom. The standard InChI is InChI=1S/C23H25N3O3S/c1-3-29-20-11-9-19(10-12-20)25-21(27)16-26-22(28)15-17(2)24-23(26)30-14-13-18-7-5-4-6-8-18/h4-12,15H,3,13-14,16H2,1-2H3,(H,25,27). The van der Waals surface area contributed by atoms with Gasteiger partial charge in [-0.1, -0.05) is 42.1 Å². The zero-order valence-electron chi connectivity index (χ0n) is 17.1. The lowest BCUT2D eigenvalue weighted by molar-refractivity contribution is -0.116. The average molecular weight is 424 g/mol. The van der Waals surface area contributed by atoms with E-state index in [-0.39, 0.29) is 18.0 Å². The summed E-state index contributed by atoms with van der Waals surface area (Å²) in [5, 5.41) is 3.37. The number of hydrogen-bond donors (Lipinski definition) is 1. The zero-order chi connectivity index (χ0) is 21.3. The van der Waals surface area contributed by atoms with Crippen LogP contribution in [0.1, 0.15) is 18.2 Å². The topological polar surface area (TPSA) is 73.2 Å². The molecule has 1 heterocycles. The minimum atomic E-state index is -0.281. The Hall–Kier alpha value is -3.06. The lowest BCUT2D eigenvalue weighted by atomic mass is 10.2. The number of ether oxygens (including phenoxy) is 1. The quantitative estimate of drug-likeness (QED) is 0.417. The SMILES string of the molecule is CCOc1ccc(NC(=O)Cn2c(SCCc3ccccc3)nc(C)cc2=O)cc1. The summed E-state index contributed by atoms with van der Waals surface area (Å²) in [5.74, 6) is 1.23. The Kier molecular flexibility index (Phi) is 7.68. The molecule has 30 heavy (non-hydrogen) atoms. The van der Waals surface area contributed by atoms with Crippen molar-refractivity contribution in [1.82, 2.24) is 9.55 Å². The van der Waals surface area contributed by atoms with Crippen LogP contribution in [0.2, 0.25) is 0 Å². The number of aryl methyl sites for hydroxylation is 2. The number of aromatic nitrogens is 2. The Labute approximate surface area is 180 Å². The van der Waals surface area contributed by atoms with Crippen molar-refractivity contribution in [2.24, 2.45) is 0 Å². The summed E-state index contributed by atoms with van der Waals surface area (Å²) in [4.78, 5) is 29.5. The average Bonchev–Trinajstić information content (AvgIpc) is 2.73. The molecule has 1 amide bonds. The van der Waals surface area contributed by atoms with Crippen LogP contribution in [0.25, 0.3) is 0 Å². The fourth-order valence-electron chi connectivity index (χ4n) is 2.90. The van der Waals surface area contributed by atoms with Crippen molar-refractivity contribution < 1.29 is 9.53 Å². The van der Waals surface area contributed by atoms with Crippen LogP contribution in [-0.4, -0.2) is 27.8 Å². The van der Waals surface area contributed by atoms with Gasteiger partial charge < -0.3 is 10.1 Å². The van der Waals surface area contributed by atoms with E-state index in [2.05, 4.69) is 22.4 Å². The second-order valence-corrected chi connectivity index (χ2v) is 7.76. The third-order valence-electron chi connectivity index (χ3n) is 4.32. The predicted molar refractivity (Wildman–Crippen MR) is 120 cm³/mol. The van der Waals surface area contributed by atoms with E-state index in [0.717, 1.165) is 17.9 Å². The molecule has 0 saturated heterocycles. The van der Waals surface area contributed by atoms with E-state index < -0.39 is 0 Å². The molecule has 3 aromatic rings. The van der Waals surface area contributed by atoms with E-state index in [1.165, 1.54) is 28.0 Å². The molecule has 7 heteroatoms. The molecule has 0 aliphatic heterocycles. The summed E-state index contributed by atoms with van der Waals surface area (Å²) in [7, 11) is 0. The second-order valence-electron chi connectivity index (χ2n) is 6.69. The minimum Gasteiger partial charge on any atom is -0.494 e. The lowest BCUT2D eigenvalue weighted by Gasteiger charge is -2.13. The molecule has 0 fully saturated rings. The van der Waals surface area contributed by atoms with Gasteiger partial charge >= 0.3 is 0 Å². The third-order valence-corrected chi connectivity index (χ3v) is 5.29. The van der Waals surface area contributed by atoms with Crippen molar-refractivity contribution in [1.29, 1.82) is 0 Å². The van der Waals surface area contributed by atoms with Crippen LogP contribution in [0.15, 0.2) is 70.6 Å². The van der Waals surface area contributed by atoms with Gasteiger partial charge in [0.25, 0.3) is 5.56 Å². The fraction of sp³-hybridized carbons (Fsp3) is 0.261. The third kappa shape index (κ3) is 6.22. The zero-order valence-corrected chi connectivity index (χ0v) is 17.9. The first-order chi connectivity index (χ1) is 14.5. The highest BCUT2D eigenvalue weighted by molar-refractivity contribution is 7.99. The van der Waals surface area contributed by atoms with Crippen LogP contribution < -0.4 is 15.6 Å². The number of nitrogens with one attached hydrogen (secondary N) is 1. The molecule has 0 aliphatic carbocycles. The Bertz CT molecular complexity index is 1030. The van der Waals surface area contributed by atoms with Crippen molar-refractivity contribution in [2.75, 3.05) is 17.7 Å². The number of amides is 1. The highest BCUT2D eigenvalue weighted by Crippen LogP contribution is 2.18. The van der Waals surface area contributed by atoms with Crippen LogP contribution in [0.5, 0.6) is 5.75 Å². The normalized spacial score (nSPS) is 10.6. The fourth-order valence-corrected chi connectivity index (χ4v) is 3.94. The number of rotatable bonds is 9. The van der Waals surface area contributed by atoms with Crippen LogP contribution >= 0.6 is 11.8 Å². The molecule has 3 rings (SSSR count).